The standard InChI is InChI=1S/C20H26N2O3/c1-15(19-3-2-12-25-19)21-20(24)18-6-4-16(5-7-18)13-22-10-8-17(14-23)9-11-22/h2-7,12,15,17,23H,8-11,13-14H2,1H3,(H,21,24)/t15-/m1/s1. The quantitative estimate of drug-likeness (QED) is 0.847. The number of amides is 1. The molecule has 0 aliphatic carbocycles. The number of carbonyl (C=O) groups excluding carboxylic acids is 1. The van der Waals surface area contributed by atoms with E-state index in [1.165, 1.54) is 5.56 Å². The first-order valence-electron chi connectivity index (χ1n) is 8.92. The number of piperidine rings is 1. The molecule has 0 spiro atoms. The molecule has 1 aromatic heterocycles. The van der Waals surface area contributed by atoms with Crippen molar-refractivity contribution in [1.29, 1.82) is 0 Å². The molecule has 25 heavy (non-hydrogen) atoms. The summed E-state index contributed by atoms with van der Waals surface area (Å²) in [5, 5.41) is 12.2. The van der Waals surface area contributed by atoms with Crippen molar-refractivity contribution in [3.63, 3.8) is 0 Å². The number of likely N-dealkylation sites (tertiary alicyclic amines) is 1. The Labute approximate surface area is 148 Å². The summed E-state index contributed by atoms with van der Waals surface area (Å²) in [7, 11) is 0. The van der Waals surface area contributed by atoms with E-state index in [-0.39, 0.29) is 11.9 Å². The fraction of sp³-hybridized carbons (Fsp3) is 0.450. The van der Waals surface area contributed by atoms with Crippen LogP contribution in [0.3, 0.4) is 0 Å². The van der Waals surface area contributed by atoms with E-state index in [0.717, 1.165) is 38.2 Å². The predicted molar refractivity (Wildman–Crippen MR) is 96.1 cm³/mol. The van der Waals surface area contributed by atoms with Gasteiger partial charge >= 0.3 is 0 Å². The molecule has 2 heterocycles. The first kappa shape index (κ1) is 17.7. The molecule has 0 bridgehead atoms. The second-order valence-electron chi connectivity index (χ2n) is 6.81. The van der Waals surface area contributed by atoms with Crippen molar-refractivity contribution in [3.05, 3.63) is 59.5 Å². The lowest BCUT2D eigenvalue weighted by atomic mass is 9.97. The highest BCUT2D eigenvalue weighted by Gasteiger charge is 2.18. The minimum atomic E-state index is -0.157. The number of rotatable bonds is 6. The highest BCUT2D eigenvalue weighted by Crippen LogP contribution is 2.19. The van der Waals surface area contributed by atoms with Crippen LogP contribution in [0.1, 0.15) is 47.5 Å². The van der Waals surface area contributed by atoms with Crippen LogP contribution in [0.5, 0.6) is 0 Å². The summed E-state index contributed by atoms with van der Waals surface area (Å²) in [6.45, 7) is 5.14. The van der Waals surface area contributed by atoms with Crippen molar-refractivity contribution < 1.29 is 14.3 Å². The van der Waals surface area contributed by atoms with Crippen molar-refractivity contribution in [2.75, 3.05) is 19.7 Å². The zero-order valence-electron chi connectivity index (χ0n) is 14.6. The van der Waals surface area contributed by atoms with Crippen LogP contribution in [-0.2, 0) is 6.54 Å². The number of aliphatic hydroxyl groups is 1. The first-order chi connectivity index (χ1) is 12.2. The van der Waals surface area contributed by atoms with Crippen molar-refractivity contribution in [2.45, 2.75) is 32.4 Å². The molecule has 1 aliphatic heterocycles. The Hall–Kier alpha value is -2.11. The normalized spacial score (nSPS) is 17.4. The van der Waals surface area contributed by atoms with E-state index in [0.29, 0.717) is 18.1 Å². The number of nitrogens with one attached hydrogen (secondary N) is 1. The lowest BCUT2D eigenvalue weighted by Gasteiger charge is -2.31. The third-order valence-electron chi connectivity index (χ3n) is 4.91. The monoisotopic (exact) mass is 342 g/mol. The third-order valence-corrected chi connectivity index (χ3v) is 4.91. The van der Waals surface area contributed by atoms with Gasteiger partial charge in [0.05, 0.1) is 12.3 Å². The number of furan rings is 1. The molecule has 134 valence electrons. The van der Waals surface area contributed by atoms with Gasteiger partial charge in [0.15, 0.2) is 0 Å². The van der Waals surface area contributed by atoms with Gasteiger partial charge in [-0.15, -0.1) is 0 Å². The third kappa shape index (κ3) is 4.71. The molecule has 1 aliphatic rings. The number of nitrogens with zero attached hydrogens (tertiary/aromatic N) is 1. The molecule has 3 rings (SSSR count). The smallest absolute Gasteiger partial charge is 0.251 e. The Morgan fingerprint density at radius 1 is 1.28 bits per heavy atom. The van der Waals surface area contributed by atoms with Gasteiger partial charge in [-0.1, -0.05) is 12.1 Å². The van der Waals surface area contributed by atoms with Gasteiger partial charge < -0.3 is 14.8 Å². The Morgan fingerprint density at radius 3 is 2.60 bits per heavy atom. The fourth-order valence-corrected chi connectivity index (χ4v) is 3.24. The van der Waals surface area contributed by atoms with Gasteiger partial charge in [-0.3, -0.25) is 9.69 Å². The molecule has 5 heteroatoms. The number of aliphatic hydroxyl groups excluding tert-OH is 1. The second kappa shape index (κ2) is 8.32. The van der Waals surface area contributed by atoms with Gasteiger partial charge in [0.1, 0.15) is 5.76 Å². The summed E-state index contributed by atoms with van der Waals surface area (Å²) in [6, 6.07) is 11.3. The van der Waals surface area contributed by atoms with Crippen LogP contribution in [-0.4, -0.2) is 35.6 Å². The highest BCUT2D eigenvalue weighted by atomic mass is 16.3. The van der Waals surface area contributed by atoms with Crippen LogP contribution < -0.4 is 5.32 Å². The molecule has 1 amide bonds. The summed E-state index contributed by atoms with van der Waals surface area (Å²) in [5.74, 6) is 1.11. The average Bonchev–Trinajstić information content (AvgIpc) is 3.18. The van der Waals surface area contributed by atoms with E-state index in [9.17, 15) is 9.90 Å². The molecule has 0 unspecified atom stereocenters. The summed E-state index contributed by atoms with van der Waals surface area (Å²) in [4.78, 5) is 14.7. The number of hydrogen-bond acceptors (Lipinski definition) is 4. The zero-order valence-corrected chi connectivity index (χ0v) is 14.6. The highest BCUT2D eigenvalue weighted by molar-refractivity contribution is 5.94. The van der Waals surface area contributed by atoms with Gasteiger partial charge in [-0.05, 0) is 68.6 Å². The van der Waals surface area contributed by atoms with E-state index < -0.39 is 0 Å². The van der Waals surface area contributed by atoms with Crippen LogP contribution in [0.25, 0.3) is 0 Å². The van der Waals surface area contributed by atoms with E-state index in [1.54, 1.807) is 6.26 Å². The van der Waals surface area contributed by atoms with Crippen LogP contribution in [0, 0.1) is 5.92 Å². The van der Waals surface area contributed by atoms with Gasteiger partial charge in [-0.25, -0.2) is 0 Å². The first-order valence-corrected chi connectivity index (χ1v) is 8.92. The Balaban J connectivity index is 1.52. The Kier molecular flexibility index (Phi) is 5.89. The van der Waals surface area contributed by atoms with Crippen LogP contribution in [0.4, 0.5) is 0 Å². The van der Waals surface area contributed by atoms with Crippen molar-refractivity contribution in [1.82, 2.24) is 10.2 Å². The number of carbonyl (C=O) groups is 1. The molecule has 2 aromatic rings. The van der Waals surface area contributed by atoms with Crippen LogP contribution in [0.2, 0.25) is 0 Å². The molecule has 5 nitrogen and oxygen atoms in total. The molecule has 0 saturated carbocycles. The predicted octanol–water partition coefficient (Wildman–Crippen LogP) is 2.97. The lowest BCUT2D eigenvalue weighted by molar-refractivity contribution is 0.0935. The summed E-state index contributed by atoms with van der Waals surface area (Å²) >= 11 is 0. The second-order valence-corrected chi connectivity index (χ2v) is 6.81. The van der Waals surface area contributed by atoms with Gasteiger partial charge in [0.25, 0.3) is 5.91 Å². The van der Waals surface area contributed by atoms with Crippen molar-refractivity contribution in [2.24, 2.45) is 5.92 Å². The molecule has 1 aromatic carbocycles. The summed E-state index contributed by atoms with van der Waals surface area (Å²) < 4.78 is 5.32. The van der Waals surface area contributed by atoms with E-state index >= 15 is 0 Å². The van der Waals surface area contributed by atoms with E-state index in [1.807, 2.05) is 43.3 Å². The molecule has 0 radical (unpaired) electrons. The molecular formula is C20H26N2O3. The zero-order chi connectivity index (χ0) is 17.6. The van der Waals surface area contributed by atoms with Crippen LogP contribution >= 0.6 is 0 Å². The average molecular weight is 342 g/mol. The summed E-state index contributed by atoms with van der Waals surface area (Å²) in [5.41, 5.74) is 1.86. The minimum absolute atomic E-state index is 0.0980. The lowest BCUT2D eigenvalue weighted by Crippen LogP contribution is -2.34. The maximum absolute atomic E-state index is 12.3. The van der Waals surface area contributed by atoms with E-state index in [4.69, 9.17) is 4.42 Å². The van der Waals surface area contributed by atoms with E-state index in [2.05, 4.69) is 10.2 Å². The van der Waals surface area contributed by atoms with Gasteiger partial charge in [0, 0.05) is 18.7 Å². The largest absolute Gasteiger partial charge is 0.467 e. The topological polar surface area (TPSA) is 65.7 Å². The Bertz CT molecular complexity index is 659. The Morgan fingerprint density at radius 2 is 2.00 bits per heavy atom. The van der Waals surface area contributed by atoms with Gasteiger partial charge in [0.2, 0.25) is 0 Å². The molecule has 1 atom stereocenters. The molecule has 1 fully saturated rings. The number of benzene rings is 1. The molecule has 2 N–H and O–H groups in total. The fourth-order valence-electron chi connectivity index (χ4n) is 3.24. The van der Waals surface area contributed by atoms with Crippen LogP contribution in [0.15, 0.2) is 47.1 Å². The SMILES string of the molecule is C[C@@H](NC(=O)c1ccc(CN2CCC(CO)CC2)cc1)c1ccco1. The minimum Gasteiger partial charge on any atom is -0.467 e. The van der Waals surface area contributed by atoms with Gasteiger partial charge in [-0.2, -0.15) is 0 Å². The van der Waals surface area contributed by atoms with Crippen molar-refractivity contribution in [3.8, 4) is 0 Å². The maximum Gasteiger partial charge on any atom is 0.251 e. The van der Waals surface area contributed by atoms with Crippen molar-refractivity contribution >= 4 is 5.91 Å². The molecule has 1 saturated heterocycles. The number of hydrogen-bond donors (Lipinski definition) is 2. The summed E-state index contributed by atoms with van der Waals surface area (Å²) in [6.07, 6.45) is 3.72. The molecular weight excluding hydrogens is 316 g/mol. The maximum atomic E-state index is 12.3.